The fourth-order valence-electron chi connectivity index (χ4n) is 1.26. The Balaban J connectivity index is 2.62. The van der Waals surface area contributed by atoms with Gasteiger partial charge in [0.05, 0.1) is 5.38 Å². The second kappa shape index (κ2) is 2.54. The average molecular weight is 185 g/mol. The van der Waals surface area contributed by atoms with E-state index in [0.717, 1.165) is 16.2 Å². The summed E-state index contributed by atoms with van der Waals surface area (Å²) in [6.07, 6.45) is 1.85. The summed E-state index contributed by atoms with van der Waals surface area (Å²) in [5, 5.41) is 0.722. The zero-order valence-electron chi connectivity index (χ0n) is 5.72. The van der Waals surface area contributed by atoms with E-state index in [1.54, 1.807) is 0 Å². The molecule has 1 aromatic rings. The number of halogens is 2. The van der Waals surface area contributed by atoms with E-state index < -0.39 is 0 Å². The predicted octanol–water partition coefficient (Wildman–Crippen LogP) is 3.56. The minimum Gasteiger partial charge on any atom is -0.113 e. The molecule has 0 fully saturated rings. The highest BCUT2D eigenvalue weighted by molar-refractivity contribution is 6.50. The monoisotopic (exact) mass is 184 g/mol. The molecule has 0 nitrogen and oxygen atoms in total. The molecular weight excluding hydrogens is 179 g/mol. The third-order valence-electron chi connectivity index (χ3n) is 1.81. The number of alkyl halides is 1. The van der Waals surface area contributed by atoms with Crippen molar-refractivity contribution in [1.82, 2.24) is 0 Å². The van der Waals surface area contributed by atoms with Gasteiger partial charge in [-0.15, -0.1) is 11.6 Å². The Kier molecular flexibility index (Phi) is 1.67. The van der Waals surface area contributed by atoms with Crippen molar-refractivity contribution >= 4 is 28.2 Å². The smallest absolute Gasteiger partial charge is 0.0789 e. The van der Waals surface area contributed by atoms with Crippen molar-refractivity contribution in [3.05, 3.63) is 41.5 Å². The lowest BCUT2D eigenvalue weighted by molar-refractivity contribution is 1.25. The molecule has 0 spiro atoms. The van der Waals surface area contributed by atoms with Gasteiger partial charge in [-0.1, -0.05) is 35.9 Å². The van der Waals surface area contributed by atoms with E-state index in [2.05, 4.69) is 0 Å². The molecule has 0 aliphatic heterocycles. The first-order valence-electron chi connectivity index (χ1n) is 3.40. The number of allylic oxidation sites excluding steroid dienone is 1. The number of benzene rings is 1. The summed E-state index contributed by atoms with van der Waals surface area (Å²) in [6.45, 7) is 0. The first kappa shape index (κ1) is 7.20. The largest absolute Gasteiger partial charge is 0.113 e. The maximum atomic E-state index is 5.98. The summed E-state index contributed by atoms with van der Waals surface area (Å²) < 4.78 is 0. The molecule has 0 aromatic heterocycles. The quantitative estimate of drug-likeness (QED) is 0.542. The van der Waals surface area contributed by atoms with Gasteiger partial charge >= 0.3 is 0 Å². The van der Waals surface area contributed by atoms with Gasteiger partial charge in [-0.05, 0) is 17.2 Å². The molecule has 1 aromatic carbocycles. The molecule has 2 heteroatoms. The molecule has 0 radical (unpaired) electrons. The number of fused-ring (bicyclic) bond motifs is 1. The highest BCUT2D eigenvalue weighted by Gasteiger charge is 2.18. The van der Waals surface area contributed by atoms with Crippen LogP contribution >= 0.6 is 23.2 Å². The van der Waals surface area contributed by atoms with Crippen molar-refractivity contribution < 1.29 is 0 Å². The molecule has 0 saturated carbocycles. The summed E-state index contributed by atoms with van der Waals surface area (Å²) in [5.74, 6) is 0. The molecule has 1 aliphatic rings. The topological polar surface area (TPSA) is 0 Å². The van der Waals surface area contributed by atoms with Crippen LogP contribution in [-0.2, 0) is 0 Å². The third kappa shape index (κ3) is 1.07. The van der Waals surface area contributed by atoms with Crippen molar-refractivity contribution in [2.24, 2.45) is 0 Å². The molecule has 0 heterocycles. The lowest BCUT2D eigenvalue weighted by Crippen LogP contribution is -1.82. The lowest BCUT2D eigenvalue weighted by Gasteiger charge is -2.00. The van der Waals surface area contributed by atoms with E-state index >= 15 is 0 Å². The molecule has 0 saturated heterocycles. The standard InChI is InChI=1S/C9H6Cl2/c10-8-5-9(11)7-4-2-1-3-6(7)8/h1-5,8H. The lowest BCUT2D eigenvalue weighted by atomic mass is 10.1. The summed E-state index contributed by atoms with van der Waals surface area (Å²) in [5.41, 5.74) is 2.17. The van der Waals surface area contributed by atoms with Crippen molar-refractivity contribution in [3.63, 3.8) is 0 Å². The fourth-order valence-corrected chi connectivity index (χ4v) is 1.94. The Morgan fingerprint density at radius 2 is 1.91 bits per heavy atom. The van der Waals surface area contributed by atoms with Gasteiger partial charge in [0.25, 0.3) is 0 Å². The van der Waals surface area contributed by atoms with Crippen LogP contribution in [-0.4, -0.2) is 0 Å². The van der Waals surface area contributed by atoms with E-state index in [1.807, 2.05) is 30.3 Å². The third-order valence-corrected chi connectivity index (χ3v) is 2.50. The van der Waals surface area contributed by atoms with Gasteiger partial charge < -0.3 is 0 Å². The Bertz CT molecular complexity index is 315. The fraction of sp³-hybridized carbons (Fsp3) is 0.111. The SMILES string of the molecule is ClC1=CC(Cl)c2ccccc21. The van der Waals surface area contributed by atoms with Crippen LogP contribution in [0, 0.1) is 0 Å². The number of hydrogen-bond acceptors (Lipinski definition) is 0. The van der Waals surface area contributed by atoms with Crippen molar-refractivity contribution in [2.45, 2.75) is 5.38 Å². The van der Waals surface area contributed by atoms with Crippen LogP contribution in [0.5, 0.6) is 0 Å². The molecule has 2 rings (SSSR count). The van der Waals surface area contributed by atoms with Crippen LogP contribution in [0.4, 0.5) is 0 Å². The van der Waals surface area contributed by atoms with Crippen LogP contribution < -0.4 is 0 Å². The minimum atomic E-state index is -0.0429. The molecule has 0 amide bonds. The van der Waals surface area contributed by atoms with Crippen molar-refractivity contribution in [1.29, 1.82) is 0 Å². The average Bonchev–Trinajstić information content (AvgIpc) is 2.30. The summed E-state index contributed by atoms with van der Waals surface area (Å²) in [6, 6.07) is 7.91. The zero-order valence-corrected chi connectivity index (χ0v) is 7.23. The van der Waals surface area contributed by atoms with Crippen LogP contribution in [0.2, 0.25) is 0 Å². The summed E-state index contributed by atoms with van der Waals surface area (Å²) in [7, 11) is 0. The molecule has 1 unspecified atom stereocenters. The molecule has 1 atom stereocenters. The maximum Gasteiger partial charge on any atom is 0.0789 e. The van der Waals surface area contributed by atoms with E-state index in [4.69, 9.17) is 23.2 Å². The second-order valence-electron chi connectivity index (χ2n) is 2.50. The van der Waals surface area contributed by atoms with E-state index in [-0.39, 0.29) is 5.38 Å². The highest BCUT2D eigenvalue weighted by Crippen LogP contribution is 2.39. The minimum absolute atomic E-state index is 0.0429. The van der Waals surface area contributed by atoms with Gasteiger partial charge in [0.1, 0.15) is 0 Å². The Labute approximate surface area is 75.4 Å². The molecule has 1 aliphatic carbocycles. The van der Waals surface area contributed by atoms with Gasteiger partial charge in [-0.3, -0.25) is 0 Å². The van der Waals surface area contributed by atoms with Crippen LogP contribution in [0.3, 0.4) is 0 Å². The maximum absolute atomic E-state index is 5.98. The van der Waals surface area contributed by atoms with E-state index in [0.29, 0.717) is 0 Å². The second-order valence-corrected chi connectivity index (χ2v) is 3.38. The first-order chi connectivity index (χ1) is 5.29. The van der Waals surface area contributed by atoms with Crippen LogP contribution in [0.25, 0.3) is 5.03 Å². The number of hydrogen-bond donors (Lipinski definition) is 0. The molecule has 11 heavy (non-hydrogen) atoms. The van der Waals surface area contributed by atoms with E-state index in [9.17, 15) is 0 Å². The van der Waals surface area contributed by atoms with Crippen LogP contribution in [0.1, 0.15) is 16.5 Å². The van der Waals surface area contributed by atoms with Crippen molar-refractivity contribution in [2.75, 3.05) is 0 Å². The van der Waals surface area contributed by atoms with Gasteiger partial charge in [-0.2, -0.15) is 0 Å². The summed E-state index contributed by atoms with van der Waals surface area (Å²) >= 11 is 11.9. The first-order valence-corrected chi connectivity index (χ1v) is 4.21. The van der Waals surface area contributed by atoms with Gasteiger partial charge in [0.15, 0.2) is 0 Å². The van der Waals surface area contributed by atoms with Crippen LogP contribution in [0.15, 0.2) is 30.3 Å². The summed E-state index contributed by atoms with van der Waals surface area (Å²) in [4.78, 5) is 0. The molecule has 0 bridgehead atoms. The predicted molar refractivity (Wildman–Crippen MR) is 48.9 cm³/mol. The Morgan fingerprint density at radius 3 is 2.64 bits per heavy atom. The zero-order chi connectivity index (χ0) is 7.84. The Morgan fingerprint density at radius 1 is 1.18 bits per heavy atom. The Hall–Kier alpha value is -0.460. The molecular formula is C9H6Cl2. The highest BCUT2D eigenvalue weighted by atomic mass is 35.5. The molecule has 0 N–H and O–H groups in total. The van der Waals surface area contributed by atoms with E-state index in [1.165, 1.54) is 0 Å². The number of rotatable bonds is 0. The van der Waals surface area contributed by atoms with Gasteiger partial charge in [0, 0.05) is 5.03 Å². The van der Waals surface area contributed by atoms with Gasteiger partial charge in [0.2, 0.25) is 0 Å². The normalized spacial score (nSPS) is 21.3. The van der Waals surface area contributed by atoms with Crippen molar-refractivity contribution in [3.8, 4) is 0 Å². The molecule has 56 valence electrons. The van der Waals surface area contributed by atoms with Gasteiger partial charge in [-0.25, -0.2) is 0 Å².